The maximum atomic E-state index is 12.8. The average molecular weight is 853 g/mol. The second-order valence-electron chi connectivity index (χ2n) is 14.5. The van der Waals surface area contributed by atoms with E-state index in [9.17, 15) is 44.6 Å². The molecule has 6 unspecified atom stereocenters. The Morgan fingerprint density at radius 3 is 1.41 bits per heavy atom. The van der Waals surface area contributed by atoms with Crippen LogP contribution in [-0.4, -0.2) is 98.3 Å². The molecule has 1 aliphatic carbocycles. The molecular formula is C45H73O13P. The minimum absolute atomic E-state index is 0.0337. The number of allylic oxidation sites excluding steroid dienone is 14. The van der Waals surface area contributed by atoms with E-state index < -0.39 is 75.7 Å². The standard InChI is InChI=1S/C45H73O13P/c1-3-5-7-9-11-13-15-17-19-21-23-25-27-29-31-33-38(46)55-35-37(36-56-59(53,54)58-45-43(51)41(49)40(48)42(50)44(45)52)57-39(47)34-32-30-28-26-24-22-20-18-16-14-12-10-8-6-4-2/h5,7,11-14,17-20,23-26,37,40-45,48-52H,3-4,6,8-10,15-16,21-22,27-36H2,1-2H3,(H,53,54)/b7-5+,13-11+,14-12+,19-17+,20-18+,25-23+,26-24+/t37-,40?,41-,42?,43?,44?,45?/m1/s1. The van der Waals surface area contributed by atoms with E-state index >= 15 is 0 Å². The number of unbranched alkanes of at least 4 members (excludes halogenated alkanes) is 7. The van der Waals surface area contributed by atoms with E-state index in [4.69, 9.17) is 18.5 Å². The van der Waals surface area contributed by atoms with Crippen LogP contribution in [0.2, 0.25) is 0 Å². The van der Waals surface area contributed by atoms with Gasteiger partial charge in [-0.2, -0.15) is 0 Å². The van der Waals surface area contributed by atoms with Gasteiger partial charge in [0.2, 0.25) is 0 Å². The monoisotopic (exact) mass is 852 g/mol. The lowest BCUT2D eigenvalue weighted by Crippen LogP contribution is -2.64. The summed E-state index contributed by atoms with van der Waals surface area (Å²) in [4.78, 5) is 35.6. The molecule has 0 aromatic carbocycles. The van der Waals surface area contributed by atoms with Crippen molar-refractivity contribution in [1.29, 1.82) is 0 Å². The van der Waals surface area contributed by atoms with Crippen molar-refractivity contribution < 1.29 is 63.1 Å². The third-order valence-corrected chi connectivity index (χ3v) is 10.2. The van der Waals surface area contributed by atoms with E-state index in [0.29, 0.717) is 19.3 Å². The molecule has 0 saturated heterocycles. The van der Waals surface area contributed by atoms with Crippen LogP contribution in [-0.2, 0) is 32.7 Å². The molecule has 0 heterocycles. The van der Waals surface area contributed by atoms with E-state index in [1.807, 2.05) is 6.08 Å². The van der Waals surface area contributed by atoms with Gasteiger partial charge in [0.1, 0.15) is 43.2 Å². The predicted molar refractivity (Wildman–Crippen MR) is 230 cm³/mol. The molecule has 8 atom stereocenters. The summed E-state index contributed by atoms with van der Waals surface area (Å²) in [5, 5.41) is 50.0. The molecule has 0 aromatic rings. The first-order valence-corrected chi connectivity index (χ1v) is 22.9. The zero-order valence-electron chi connectivity index (χ0n) is 35.3. The van der Waals surface area contributed by atoms with Gasteiger partial charge in [0.15, 0.2) is 6.10 Å². The summed E-state index contributed by atoms with van der Waals surface area (Å²) in [5.74, 6) is -1.20. The number of carbonyl (C=O) groups is 2. The highest BCUT2D eigenvalue weighted by Crippen LogP contribution is 2.47. The van der Waals surface area contributed by atoms with Crippen LogP contribution in [0.4, 0.5) is 0 Å². The van der Waals surface area contributed by atoms with Crippen LogP contribution in [0.3, 0.4) is 0 Å². The zero-order chi connectivity index (χ0) is 43.6. The Labute approximate surface area is 352 Å². The number of phosphoric acid groups is 1. The van der Waals surface area contributed by atoms with Gasteiger partial charge in [-0.3, -0.25) is 18.6 Å². The first-order valence-electron chi connectivity index (χ1n) is 21.4. The van der Waals surface area contributed by atoms with E-state index in [-0.39, 0.29) is 12.8 Å². The van der Waals surface area contributed by atoms with Gasteiger partial charge < -0.3 is 39.9 Å². The third kappa shape index (κ3) is 27.5. The van der Waals surface area contributed by atoms with Crippen molar-refractivity contribution in [2.75, 3.05) is 13.2 Å². The summed E-state index contributed by atoms with van der Waals surface area (Å²) >= 11 is 0. The topological polar surface area (TPSA) is 210 Å². The molecule has 1 fully saturated rings. The maximum absolute atomic E-state index is 12.8. The summed E-state index contributed by atoms with van der Waals surface area (Å²) in [7, 11) is -5.14. The Balaban J connectivity index is 2.57. The molecule has 6 N–H and O–H groups in total. The lowest BCUT2D eigenvalue weighted by Gasteiger charge is -2.41. The highest BCUT2D eigenvalue weighted by Gasteiger charge is 2.51. The molecule has 0 bridgehead atoms. The van der Waals surface area contributed by atoms with Gasteiger partial charge in [-0.15, -0.1) is 0 Å². The highest BCUT2D eigenvalue weighted by molar-refractivity contribution is 7.47. The number of rotatable bonds is 33. The molecule has 13 nitrogen and oxygen atoms in total. The number of phosphoric ester groups is 1. The fourth-order valence-corrected chi connectivity index (χ4v) is 6.73. The molecule has 0 spiro atoms. The fraction of sp³-hybridized carbons (Fsp3) is 0.644. The molecule has 1 rings (SSSR count). The number of hydrogen-bond acceptors (Lipinski definition) is 12. The first kappa shape index (κ1) is 54.0. The van der Waals surface area contributed by atoms with Gasteiger partial charge >= 0.3 is 19.8 Å². The normalized spacial score (nSPS) is 23.2. The van der Waals surface area contributed by atoms with E-state index in [1.165, 1.54) is 19.3 Å². The van der Waals surface area contributed by atoms with Crippen LogP contribution in [0.1, 0.15) is 129 Å². The van der Waals surface area contributed by atoms with E-state index in [0.717, 1.165) is 64.2 Å². The Kier molecular flexibility index (Phi) is 31.8. The summed E-state index contributed by atoms with van der Waals surface area (Å²) in [5.41, 5.74) is 0. The second-order valence-corrected chi connectivity index (χ2v) is 15.9. The smallest absolute Gasteiger partial charge is 0.462 e. The van der Waals surface area contributed by atoms with Gasteiger partial charge in [-0.05, 0) is 89.9 Å². The summed E-state index contributed by atoms with van der Waals surface area (Å²) in [6.45, 7) is 3.05. The highest BCUT2D eigenvalue weighted by atomic mass is 31.2. The maximum Gasteiger partial charge on any atom is 0.472 e. The van der Waals surface area contributed by atoms with Crippen molar-refractivity contribution in [1.82, 2.24) is 0 Å². The van der Waals surface area contributed by atoms with Gasteiger partial charge in [0, 0.05) is 12.8 Å². The number of ether oxygens (including phenoxy) is 2. The van der Waals surface area contributed by atoms with Crippen LogP contribution in [0.25, 0.3) is 0 Å². The fourth-order valence-electron chi connectivity index (χ4n) is 5.75. The van der Waals surface area contributed by atoms with Crippen molar-refractivity contribution >= 4 is 19.8 Å². The van der Waals surface area contributed by atoms with Gasteiger partial charge in [0.05, 0.1) is 6.61 Å². The Hall–Kier alpha value is -2.97. The largest absolute Gasteiger partial charge is 0.472 e. The Morgan fingerprint density at radius 1 is 0.542 bits per heavy atom. The summed E-state index contributed by atoms with van der Waals surface area (Å²) in [6.07, 6.45) is 30.8. The van der Waals surface area contributed by atoms with Crippen molar-refractivity contribution in [3.8, 4) is 0 Å². The minimum atomic E-state index is -5.14. The Morgan fingerprint density at radius 2 is 0.949 bits per heavy atom. The van der Waals surface area contributed by atoms with Gasteiger partial charge in [-0.25, -0.2) is 4.57 Å². The predicted octanol–water partition coefficient (Wildman–Crippen LogP) is 7.72. The third-order valence-electron chi connectivity index (χ3n) is 9.22. The number of aliphatic hydroxyl groups is 5. The quantitative estimate of drug-likeness (QED) is 0.0162. The molecule has 1 saturated carbocycles. The Bertz CT molecular complexity index is 1360. The van der Waals surface area contributed by atoms with E-state index in [1.54, 1.807) is 0 Å². The molecule has 0 amide bonds. The van der Waals surface area contributed by atoms with Crippen molar-refractivity contribution in [3.05, 3.63) is 85.1 Å². The lowest BCUT2D eigenvalue weighted by molar-refractivity contribution is -0.220. The van der Waals surface area contributed by atoms with Crippen LogP contribution in [0.15, 0.2) is 85.1 Å². The number of carbonyl (C=O) groups excluding carboxylic acids is 2. The van der Waals surface area contributed by atoms with Gasteiger partial charge in [0.25, 0.3) is 0 Å². The molecule has 0 aliphatic heterocycles. The van der Waals surface area contributed by atoms with Crippen LogP contribution in [0.5, 0.6) is 0 Å². The van der Waals surface area contributed by atoms with E-state index in [2.05, 4.69) is 92.8 Å². The molecular weight excluding hydrogens is 779 g/mol. The number of hydrogen-bond donors (Lipinski definition) is 6. The SMILES string of the molecule is CC/C=C/C/C=C/C/C=C/C/C=C/CCCCC(=O)OC[C@H](COP(=O)(O)OC1C(O)C(O)C(O)[C@@H](O)C1O)OC(=O)CCCC/C=C/C/C=C/C/C=C/CCCCC. The first-order chi connectivity index (χ1) is 28.4. The average Bonchev–Trinajstić information content (AvgIpc) is 3.21. The molecule has 0 radical (unpaired) electrons. The number of aliphatic hydroxyl groups excluding tert-OH is 5. The minimum Gasteiger partial charge on any atom is -0.462 e. The lowest BCUT2D eigenvalue weighted by atomic mass is 9.85. The molecule has 1 aliphatic rings. The van der Waals surface area contributed by atoms with Crippen molar-refractivity contribution in [2.45, 2.75) is 172 Å². The molecule has 59 heavy (non-hydrogen) atoms. The van der Waals surface area contributed by atoms with Crippen molar-refractivity contribution in [2.24, 2.45) is 0 Å². The van der Waals surface area contributed by atoms with Gasteiger partial charge in [-0.1, -0.05) is 112 Å². The molecule has 14 heteroatoms. The molecule has 0 aromatic heterocycles. The summed E-state index contributed by atoms with van der Waals surface area (Å²) in [6, 6.07) is 0. The second kappa shape index (κ2) is 34.7. The summed E-state index contributed by atoms with van der Waals surface area (Å²) < 4.78 is 33.4. The number of esters is 2. The zero-order valence-corrected chi connectivity index (χ0v) is 36.1. The van der Waals surface area contributed by atoms with Crippen LogP contribution < -0.4 is 0 Å². The van der Waals surface area contributed by atoms with Crippen LogP contribution >= 0.6 is 7.82 Å². The van der Waals surface area contributed by atoms with Crippen molar-refractivity contribution in [3.63, 3.8) is 0 Å². The molecule has 336 valence electrons. The van der Waals surface area contributed by atoms with Crippen LogP contribution in [0, 0.1) is 0 Å².